The summed E-state index contributed by atoms with van der Waals surface area (Å²) in [5.74, 6) is 0. The fourth-order valence-corrected chi connectivity index (χ4v) is 9.01. The van der Waals surface area contributed by atoms with Gasteiger partial charge in [-0.15, -0.1) is 0 Å². The summed E-state index contributed by atoms with van der Waals surface area (Å²) < 4.78 is 0. The number of hydrogen-bond donors (Lipinski definition) is 0. The highest BCUT2D eigenvalue weighted by molar-refractivity contribution is 5.97. The predicted molar refractivity (Wildman–Crippen MR) is 229 cm³/mol. The van der Waals surface area contributed by atoms with Gasteiger partial charge in [0.05, 0.1) is 5.41 Å². The molecule has 7 aromatic carbocycles. The highest BCUT2D eigenvalue weighted by Gasteiger charge is 2.52. The second-order valence-corrected chi connectivity index (χ2v) is 14.5. The van der Waals surface area contributed by atoms with Crippen LogP contribution in [0.3, 0.4) is 0 Å². The van der Waals surface area contributed by atoms with Gasteiger partial charge in [-0.05, 0) is 144 Å². The number of anilines is 5. The molecule has 0 amide bonds. The van der Waals surface area contributed by atoms with Gasteiger partial charge in [0.15, 0.2) is 0 Å². The number of rotatable bonds is 8. The van der Waals surface area contributed by atoms with Gasteiger partial charge in [-0.3, -0.25) is 0 Å². The Morgan fingerprint density at radius 3 is 1.56 bits per heavy atom. The Labute approximate surface area is 320 Å². The van der Waals surface area contributed by atoms with E-state index in [0.717, 1.165) is 29.2 Å². The summed E-state index contributed by atoms with van der Waals surface area (Å²) >= 11 is 0. The molecular formula is C52H44N2. The normalized spacial score (nSPS) is 13.4. The minimum absolute atomic E-state index is 0.503. The van der Waals surface area contributed by atoms with Crippen LogP contribution in [-0.2, 0) is 5.41 Å². The Morgan fingerprint density at radius 1 is 0.463 bits per heavy atom. The topological polar surface area (TPSA) is 6.48 Å². The van der Waals surface area contributed by atoms with E-state index in [1.807, 2.05) is 0 Å². The molecule has 0 saturated carbocycles. The highest BCUT2D eigenvalue weighted by Crippen LogP contribution is 2.64. The van der Waals surface area contributed by atoms with Crippen molar-refractivity contribution in [2.45, 2.75) is 39.5 Å². The van der Waals surface area contributed by atoms with Gasteiger partial charge >= 0.3 is 0 Å². The van der Waals surface area contributed by atoms with Gasteiger partial charge in [0.1, 0.15) is 0 Å². The van der Waals surface area contributed by atoms with E-state index in [9.17, 15) is 0 Å². The first-order valence-electron chi connectivity index (χ1n) is 19.1. The van der Waals surface area contributed by atoms with E-state index < -0.39 is 5.41 Å². The number of hydrogen-bond acceptors (Lipinski definition) is 2. The van der Waals surface area contributed by atoms with E-state index in [1.54, 1.807) is 0 Å². The van der Waals surface area contributed by atoms with Crippen molar-refractivity contribution in [3.8, 4) is 22.3 Å². The molecule has 7 aromatic rings. The largest absolute Gasteiger partial charge is 0.314 e. The maximum absolute atomic E-state index is 2.49. The average molecular weight is 697 g/mol. The van der Waals surface area contributed by atoms with Gasteiger partial charge in [0.2, 0.25) is 0 Å². The predicted octanol–water partition coefficient (Wildman–Crippen LogP) is 14.1. The highest BCUT2D eigenvalue weighted by atomic mass is 15.2. The van der Waals surface area contributed by atoms with Crippen molar-refractivity contribution >= 4 is 28.4 Å². The first-order valence-corrected chi connectivity index (χ1v) is 19.1. The lowest BCUT2D eigenvalue weighted by atomic mass is 9.70. The molecule has 0 saturated heterocycles. The van der Waals surface area contributed by atoms with Crippen molar-refractivity contribution in [2.75, 3.05) is 9.80 Å². The fourth-order valence-electron chi connectivity index (χ4n) is 9.01. The SMILES string of the molecule is C/C=C\C/C(=C\C)N(c1cccc(C)c1)c1ccc2c(c1)C1(c3ccccc3-c3ccccc31)c1cc(N(c3ccccc3)c3cccc(C)c3)ccc1-2. The van der Waals surface area contributed by atoms with Gasteiger partial charge in [0, 0.05) is 40.6 Å². The van der Waals surface area contributed by atoms with Crippen molar-refractivity contribution < 1.29 is 0 Å². The monoisotopic (exact) mass is 696 g/mol. The zero-order chi connectivity index (χ0) is 36.8. The lowest BCUT2D eigenvalue weighted by Gasteiger charge is -2.33. The van der Waals surface area contributed by atoms with Crippen LogP contribution in [-0.4, -0.2) is 0 Å². The van der Waals surface area contributed by atoms with Crippen molar-refractivity contribution in [1.82, 2.24) is 0 Å². The Balaban J connectivity index is 1.33. The fraction of sp³-hybridized carbons (Fsp3) is 0.115. The number of allylic oxidation sites excluding steroid dienone is 3. The molecule has 0 fully saturated rings. The summed E-state index contributed by atoms with van der Waals surface area (Å²) in [6.07, 6.45) is 7.49. The maximum atomic E-state index is 2.49. The van der Waals surface area contributed by atoms with Crippen LogP contribution in [0.2, 0.25) is 0 Å². The summed E-state index contributed by atoms with van der Waals surface area (Å²) in [6.45, 7) is 8.60. The lowest BCUT2D eigenvalue weighted by molar-refractivity contribution is 0.793. The van der Waals surface area contributed by atoms with Gasteiger partial charge in [-0.1, -0.05) is 121 Å². The van der Waals surface area contributed by atoms with Gasteiger partial charge in [-0.25, -0.2) is 0 Å². The van der Waals surface area contributed by atoms with Crippen molar-refractivity contribution in [3.05, 3.63) is 221 Å². The number of nitrogens with zero attached hydrogens (tertiary/aromatic N) is 2. The van der Waals surface area contributed by atoms with Crippen LogP contribution >= 0.6 is 0 Å². The molecule has 0 bridgehead atoms. The molecule has 9 rings (SSSR count). The van der Waals surface area contributed by atoms with E-state index >= 15 is 0 Å². The van der Waals surface area contributed by atoms with Crippen LogP contribution in [0.25, 0.3) is 22.3 Å². The van der Waals surface area contributed by atoms with Crippen LogP contribution in [0, 0.1) is 13.8 Å². The van der Waals surface area contributed by atoms with Crippen LogP contribution in [0.1, 0.15) is 53.6 Å². The molecule has 54 heavy (non-hydrogen) atoms. The van der Waals surface area contributed by atoms with Gasteiger partial charge in [-0.2, -0.15) is 0 Å². The molecule has 0 N–H and O–H groups in total. The maximum Gasteiger partial charge on any atom is 0.0727 e. The zero-order valence-electron chi connectivity index (χ0n) is 31.4. The molecule has 262 valence electrons. The summed E-state index contributed by atoms with van der Waals surface area (Å²) in [6, 6.07) is 61.0. The zero-order valence-corrected chi connectivity index (χ0v) is 31.4. The first kappa shape index (κ1) is 33.5. The Kier molecular flexibility index (Phi) is 8.39. The van der Waals surface area contributed by atoms with Crippen molar-refractivity contribution in [1.29, 1.82) is 0 Å². The van der Waals surface area contributed by atoms with Crippen LogP contribution in [0.5, 0.6) is 0 Å². The van der Waals surface area contributed by atoms with E-state index in [0.29, 0.717) is 0 Å². The molecule has 0 atom stereocenters. The molecule has 2 aliphatic rings. The molecule has 0 aromatic heterocycles. The second-order valence-electron chi connectivity index (χ2n) is 14.5. The Morgan fingerprint density at radius 2 is 0.944 bits per heavy atom. The van der Waals surface area contributed by atoms with Gasteiger partial charge in [0.25, 0.3) is 0 Å². The summed E-state index contributed by atoms with van der Waals surface area (Å²) in [7, 11) is 0. The van der Waals surface area contributed by atoms with E-state index in [-0.39, 0.29) is 0 Å². The second kappa shape index (κ2) is 13.5. The first-order chi connectivity index (χ1) is 26.5. The number of aryl methyl sites for hydroxylation is 2. The van der Waals surface area contributed by atoms with Crippen molar-refractivity contribution in [3.63, 3.8) is 0 Å². The smallest absolute Gasteiger partial charge is 0.0727 e. The number of fused-ring (bicyclic) bond motifs is 10. The molecule has 2 heteroatoms. The van der Waals surface area contributed by atoms with E-state index in [1.165, 1.54) is 67.0 Å². The average Bonchev–Trinajstić information content (AvgIpc) is 3.67. The summed E-state index contributed by atoms with van der Waals surface area (Å²) in [5, 5.41) is 0. The molecule has 0 radical (unpaired) electrons. The van der Waals surface area contributed by atoms with Crippen LogP contribution < -0.4 is 9.80 Å². The molecule has 0 heterocycles. The van der Waals surface area contributed by atoms with Gasteiger partial charge < -0.3 is 9.80 Å². The third-order valence-electron chi connectivity index (χ3n) is 11.3. The molecule has 1 spiro atoms. The summed E-state index contributed by atoms with van der Waals surface area (Å²) in [5.41, 5.74) is 19.5. The minimum atomic E-state index is -0.503. The molecule has 2 aliphatic carbocycles. The summed E-state index contributed by atoms with van der Waals surface area (Å²) in [4.78, 5) is 4.86. The standard InChI is InChI=1S/C52H44N2/c1-5-7-19-38(6-2)53(40-22-15-17-36(3)32-40)42-28-30-46-47-31-29-43(54(39-20-9-8-10-21-39)41-23-16-18-37(4)33-41)35-51(47)52(50(46)34-42)48-26-13-11-24-44(48)45-25-12-14-27-49(45)52/h5-18,20-35H,19H2,1-4H3/b7-5-,38-6+. The van der Waals surface area contributed by atoms with E-state index in [2.05, 4.69) is 220 Å². The lowest BCUT2D eigenvalue weighted by Crippen LogP contribution is -2.27. The molecule has 0 unspecified atom stereocenters. The Hall–Kier alpha value is -6.38. The Bertz CT molecular complexity index is 2550. The third kappa shape index (κ3) is 5.24. The minimum Gasteiger partial charge on any atom is -0.314 e. The van der Waals surface area contributed by atoms with Crippen molar-refractivity contribution in [2.24, 2.45) is 0 Å². The molecule has 2 nitrogen and oxygen atoms in total. The number of benzene rings is 7. The van der Waals surface area contributed by atoms with E-state index in [4.69, 9.17) is 0 Å². The number of para-hydroxylation sites is 1. The molecule has 0 aliphatic heterocycles. The van der Waals surface area contributed by atoms with Crippen LogP contribution in [0.15, 0.2) is 188 Å². The third-order valence-corrected chi connectivity index (χ3v) is 11.3. The molecular weight excluding hydrogens is 653 g/mol. The van der Waals surface area contributed by atoms with Crippen LogP contribution in [0.4, 0.5) is 28.4 Å². The quantitative estimate of drug-likeness (QED) is 0.146.